The van der Waals surface area contributed by atoms with E-state index in [-0.39, 0.29) is 6.61 Å². The topological polar surface area (TPSA) is 20.2 Å². The number of allylic oxidation sites excluding steroid dienone is 2. The fraction of sp³-hybridized carbons (Fsp3) is 0.600. The molecule has 0 spiro atoms. The van der Waals surface area contributed by atoms with Crippen LogP contribution in [0.15, 0.2) is 23.8 Å². The molecular weight excluding hydrogens is 136 g/mol. The van der Waals surface area contributed by atoms with E-state index in [0.29, 0.717) is 5.92 Å². The van der Waals surface area contributed by atoms with Crippen LogP contribution in [0.4, 0.5) is 0 Å². The van der Waals surface area contributed by atoms with Crippen LogP contribution in [0.25, 0.3) is 0 Å². The molecule has 0 heterocycles. The van der Waals surface area contributed by atoms with Gasteiger partial charge in [0.1, 0.15) is 0 Å². The highest BCUT2D eigenvalue weighted by Crippen LogP contribution is 2.31. The first-order valence-corrected chi connectivity index (χ1v) is 4.20. The van der Waals surface area contributed by atoms with E-state index in [1.807, 2.05) is 6.08 Å². The first-order valence-electron chi connectivity index (χ1n) is 4.20. The second-order valence-electron chi connectivity index (χ2n) is 3.31. The highest BCUT2D eigenvalue weighted by molar-refractivity contribution is 5.16. The summed E-state index contributed by atoms with van der Waals surface area (Å²) in [5.41, 5.74) is 2.76. The van der Waals surface area contributed by atoms with Crippen LogP contribution in [0.3, 0.4) is 0 Å². The Labute approximate surface area is 68.4 Å². The molecule has 11 heavy (non-hydrogen) atoms. The van der Waals surface area contributed by atoms with E-state index in [9.17, 15) is 0 Å². The lowest BCUT2D eigenvalue weighted by Crippen LogP contribution is -2.07. The summed E-state index contributed by atoms with van der Waals surface area (Å²) in [6.45, 7) is 6.39. The van der Waals surface area contributed by atoms with Gasteiger partial charge in [-0.2, -0.15) is 0 Å². The number of aliphatic hydroxyl groups excluding tert-OH is 1. The zero-order valence-corrected chi connectivity index (χ0v) is 7.14. The molecule has 1 saturated carbocycles. The van der Waals surface area contributed by atoms with Gasteiger partial charge >= 0.3 is 0 Å². The molecule has 1 N–H and O–H groups in total. The molecule has 0 unspecified atom stereocenters. The molecule has 1 rings (SSSR count). The van der Waals surface area contributed by atoms with Gasteiger partial charge in [0.05, 0.1) is 6.61 Å². The normalized spacial score (nSPS) is 29.5. The minimum Gasteiger partial charge on any atom is -0.392 e. The van der Waals surface area contributed by atoms with Gasteiger partial charge in [0.15, 0.2) is 0 Å². The van der Waals surface area contributed by atoms with E-state index in [0.717, 1.165) is 19.3 Å². The maximum atomic E-state index is 8.67. The SMILES string of the molecule is C=C1CC/C(=C/CO)C[C@H]1C. The van der Waals surface area contributed by atoms with Crippen molar-refractivity contribution in [3.63, 3.8) is 0 Å². The third-order valence-corrected chi connectivity index (χ3v) is 2.41. The maximum Gasteiger partial charge on any atom is 0.0615 e. The van der Waals surface area contributed by atoms with Gasteiger partial charge in [-0.1, -0.05) is 30.7 Å². The average molecular weight is 152 g/mol. The molecule has 0 aromatic heterocycles. The average Bonchev–Trinajstić information content (AvgIpc) is 1.98. The van der Waals surface area contributed by atoms with Crippen LogP contribution in [0, 0.1) is 5.92 Å². The van der Waals surface area contributed by atoms with E-state index >= 15 is 0 Å². The molecule has 0 bridgehead atoms. The number of aliphatic hydroxyl groups is 1. The minimum absolute atomic E-state index is 0.189. The minimum atomic E-state index is 0.189. The Balaban J connectivity index is 2.52. The smallest absolute Gasteiger partial charge is 0.0615 e. The molecule has 1 heteroatoms. The van der Waals surface area contributed by atoms with Crippen molar-refractivity contribution in [3.8, 4) is 0 Å². The Hall–Kier alpha value is -0.560. The highest BCUT2D eigenvalue weighted by Gasteiger charge is 2.15. The van der Waals surface area contributed by atoms with Gasteiger partial charge in [0.25, 0.3) is 0 Å². The second kappa shape index (κ2) is 3.72. The zero-order valence-electron chi connectivity index (χ0n) is 7.14. The van der Waals surface area contributed by atoms with Crippen LogP contribution in [0.5, 0.6) is 0 Å². The van der Waals surface area contributed by atoms with Gasteiger partial charge in [-0.3, -0.25) is 0 Å². The van der Waals surface area contributed by atoms with Gasteiger partial charge in [-0.25, -0.2) is 0 Å². The Bertz CT molecular complexity index is 179. The van der Waals surface area contributed by atoms with Crippen LogP contribution in [0.2, 0.25) is 0 Å². The second-order valence-corrected chi connectivity index (χ2v) is 3.31. The van der Waals surface area contributed by atoms with Crippen LogP contribution in [-0.2, 0) is 0 Å². The molecule has 0 aromatic carbocycles. The molecular formula is C10H16O. The van der Waals surface area contributed by atoms with Gasteiger partial charge in [-0.05, 0) is 25.2 Å². The van der Waals surface area contributed by atoms with E-state index in [1.54, 1.807) is 0 Å². The van der Waals surface area contributed by atoms with Gasteiger partial charge in [0.2, 0.25) is 0 Å². The van der Waals surface area contributed by atoms with Crippen LogP contribution in [-0.4, -0.2) is 11.7 Å². The Morgan fingerprint density at radius 2 is 2.36 bits per heavy atom. The summed E-state index contributed by atoms with van der Waals surface area (Å²) in [5, 5.41) is 8.67. The number of hydrogen-bond acceptors (Lipinski definition) is 1. The number of rotatable bonds is 1. The summed E-state index contributed by atoms with van der Waals surface area (Å²) < 4.78 is 0. The molecule has 1 aliphatic carbocycles. The monoisotopic (exact) mass is 152 g/mol. The molecule has 1 aliphatic rings. The molecule has 0 radical (unpaired) electrons. The van der Waals surface area contributed by atoms with E-state index in [4.69, 9.17) is 5.11 Å². The maximum absolute atomic E-state index is 8.67. The highest BCUT2D eigenvalue weighted by atomic mass is 16.2. The summed E-state index contributed by atoms with van der Waals surface area (Å²) in [6, 6.07) is 0. The fourth-order valence-electron chi connectivity index (χ4n) is 1.52. The molecule has 1 nitrogen and oxygen atoms in total. The van der Waals surface area contributed by atoms with Crippen LogP contribution >= 0.6 is 0 Å². The van der Waals surface area contributed by atoms with Crippen LogP contribution < -0.4 is 0 Å². The largest absolute Gasteiger partial charge is 0.392 e. The summed E-state index contributed by atoms with van der Waals surface area (Å²) in [5.74, 6) is 0.613. The van der Waals surface area contributed by atoms with E-state index in [2.05, 4.69) is 13.5 Å². The lowest BCUT2D eigenvalue weighted by Gasteiger charge is -2.23. The summed E-state index contributed by atoms with van der Waals surface area (Å²) in [4.78, 5) is 0. The summed E-state index contributed by atoms with van der Waals surface area (Å²) in [6.07, 6.45) is 5.24. The molecule has 0 saturated heterocycles. The first kappa shape index (κ1) is 8.54. The van der Waals surface area contributed by atoms with Crippen molar-refractivity contribution in [3.05, 3.63) is 23.8 Å². The van der Waals surface area contributed by atoms with Crippen molar-refractivity contribution >= 4 is 0 Å². The Morgan fingerprint density at radius 3 is 2.91 bits per heavy atom. The van der Waals surface area contributed by atoms with Gasteiger partial charge in [0, 0.05) is 0 Å². The standard InChI is InChI=1S/C10H16O/c1-8-3-4-10(5-6-11)7-9(8)2/h5,9,11H,1,3-4,6-7H2,2H3/b10-5-/t9-/m1/s1. The van der Waals surface area contributed by atoms with Crippen molar-refractivity contribution in [2.24, 2.45) is 5.92 Å². The van der Waals surface area contributed by atoms with E-state index < -0.39 is 0 Å². The van der Waals surface area contributed by atoms with Crippen LogP contribution in [0.1, 0.15) is 26.2 Å². The lowest BCUT2D eigenvalue weighted by molar-refractivity contribution is 0.340. The molecule has 62 valence electrons. The molecule has 0 amide bonds. The summed E-state index contributed by atoms with van der Waals surface area (Å²) >= 11 is 0. The Kier molecular flexibility index (Phi) is 2.89. The predicted molar refractivity (Wildman–Crippen MR) is 47.3 cm³/mol. The van der Waals surface area contributed by atoms with Crippen molar-refractivity contribution in [2.75, 3.05) is 6.61 Å². The summed E-state index contributed by atoms with van der Waals surface area (Å²) in [7, 11) is 0. The Morgan fingerprint density at radius 1 is 1.64 bits per heavy atom. The van der Waals surface area contributed by atoms with Gasteiger partial charge in [-0.15, -0.1) is 0 Å². The quantitative estimate of drug-likeness (QED) is 0.571. The van der Waals surface area contributed by atoms with Crippen molar-refractivity contribution in [2.45, 2.75) is 26.2 Å². The van der Waals surface area contributed by atoms with Crippen molar-refractivity contribution < 1.29 is 5.11 Å². The van der Waals surface area contributed by atoms with Crippen molar-refractivity contribution in [1.82, 2.24) is 0 Å². The third-order valence-electron chi connectivity index (χ3n) is 2.41. The van der Waals surface area contributed by atoms with E-state index in [1.165, 1.54) is 11.1 Å². The third kappa shape index (κ3) is 2.19. The predicted octanol–water partition coefficient (Wildman–Crippen LogP) is 2.28. The molecule has 0 aliphatic heterocycles. The first-order chi connectivity index (χ1) is 5.24. The zero-order chi connectivity index (χ0) is 8.27. The van der Waals surface area contributed by atoms with Crippen molar-refractivity contribution in [1.29, 1.82) is 0 Å². The fourth-order valence-corrected chi connectivity index (χ4v) is 1.52. The lowest BCUT2D eigenvalue weighted by atomic mass is 9.83. The number of hydrogen-bond donors (Lipinski definition) is 1. The molecule has 1 fully saturated rings. The molecule has 1 atom stereocenters. The van der Waals surface area contributed by atoms with Gasteiger partial charge < -0.3 is 5.11 Å². The molecule has 0 aromatic rings.